The van der Waals surface area contributed by atoms with Crippen LogP contribution in [0.4, 0.5) is 0 Å². The molecule has 0 heterocycles. The Morgan fingerprint density at radius 2 is 2.11 bits per heavy atom. The van der Waals surface area contributed by atoms with E-state index in [9.17, 15) is 9.59 Å². The molecular weight excluding hydrogens is 244 g/mol. The second kappa shape index (κ2) is 6.85. The minimum Gasteiger partial charge on any atom is -0.460 e. The summed E-state index contributed by atoms with van der Waals surface area (Å²) < 4.78 is 5.30. The third-order valence-corrected chi connectivity index (χ3v) is 3.26. The van der Waals surface area contributed by atoms with Gasteiger partial charge in [-0.1, -0.05) is 12.2 Å². The molecule has 19 heavy (non-hydrogen) atoms. The van der Waals surface area contributed by atoms with E-state index in [1.807, 2.05) is 26.8 Å². The third-order valence-electron chi connectivity index (χ3n) is 3.26. The molecule has 0 aromatic carbocycles. The molecule has 1 saturated carbocycles. The molecule has 1 aliphatic rings. The first kappa shape index (κ1) is 15.9. The summed E-state index contributed by atoms with van der Waals surface area (Å²) in [7, 11) is 0. The van der Waals surface area contributed by atoms with E-state index in [-0.39, 0.29) is 30.2 Å². The maximum absolute atomic E-state index is 11.8. The molecule has 2 atom stereocenters. The Kier molecular flexibility index (Phi) is 5.73. The Hall–Kier alpha value is -1.16. The normalized spacial score (nSPS) is 24.1. The van der Waals surface area contributed by atoms with Crippen molar-refractivity contribution in [3.63, 3.8) is 0 Å². The van der Waals surface area contributed by atoms with E-state index in [4.69, 9.17) is 9.84 Å². The Morgan fingerprint density at radius 3 is 2.68 bits per heavy atom. The molecule has 108 valence electrons. The third kappa shape index (κ3) is 5.55. The zero-order chi connectivity index (χ0) is 14.5. The summed E-state index contributed by atoms with van der Waals surface area (Å²) in [5.74, 6) is -0.0412. The first-order valence-electron chi connectivity index (χ1n) is 6.84. The fourth-order valence-electron chi connectivity index (χ4n) is 2.46. The molecule has 0 amide bonds. The zero-order valence-corrected chi connectivity index (χ0v) is 12.0. The van der Waals surface area contributed by atoms with E-state index in [0.717, 1.165) is 6.42 Å². The predicted molar refractivity (Wildman–Crippen MR) is 72.5 cm³/mol. The molecule has 1 fully saturated rings. The number of allylic oxidation sites excluding steroid dienone is 1. The monoisotopic (exact) mass is 268 g/mol. The maximum Gasteiger partial charge on any atom is 0.306 e. The highest BCUT2D eigenvalue weighted by atomic mass is 16.6. The number of Topliss-reactive ketones (excluding diaryl/α,β-unsaturated/α-hetero) is 1. The molecule has 0 aromatic rings. The molecule has 0 bridgehead atoms. The van der Waals surface area contributed by atoms with Gasteiger partial charge in [0.15, 0.2) is 0 Å². The molecule has 0 spiro atoms. The van der Waals surface area contributed by atoms with Crippen LogP contribution in [0.3, 0.4) is 0 Å². The van der Waals surface area contributed by atoms with Gasteiger partial charge in [-0.3, -0.25) is 9.59 Å². The zero-order valence-electron chi connectivity index (χ0n) is 12.0. The molecule has 0 unspecified atom stereocenters. The van der Waals surface area contributed by atoms with E-state index in [2.05, 4.69) is 0 Å². The molecule has 0 saturated heterocycles. The van der Waals surface area contributed by atoms with Crippen LogP contribution < -0.4 is 0 Å². The lowest BCUT2D eigenvalue weighted by Gasteiger charge is -2.22. The predicted octanol–water partition coefficient (Wildman–Crippen LogP) is 2.25. The van der Waals surface area contributed by atoms with Gasteiger partial charge in [-0.05, 0) is 39.5 Å². The SMILES string of the molecule is CC(C)(C)OC(=O)C[C@H]1CCC(=O)[C@H]1C/C=C\CO. The first-order valence-corrected chi connectivity index (χ1v) is 6.84. The van der Waals surface area contributed by atoms with E-state index < -0.39 is 5.60 Å². The van der Waals surface area contributed by atoms with E-state index in [1.54, 1.807) is 6.08 Å². The molecular formula is C15H24O4. The van der Waals surface area contributed by atoms with E-state index in [0.29, 0.717) is 19.3 Å². The fourth-order valence-corrected chi connectivity index (χ4v) is 2.46. The molecule has 0 aliphatic heterocycles. The quantitative estimate of drug-likeness (QED) is 0.613. The Balaban J connectivity index is 2.53. The average molecular weight is 268 g/mol. The summed E-state index contributed by atoms with van der Waals surface area (Å²) in [5.41, 5.74) is -0.480. The van der Waals surface area contributed by atoms with Gasteiger partial charge in [-0.25, -0.2) is 0 Å². The largest absolute Gasteiger partial charge is 0.460 e. The number of aliphatic hydroxyl groups excluding tert-OH is 1. The van der Waals surface area contributed by atoms with Crippen molar-refractivity contribution < 1.29 is 19.4 Å². The summed E-state index contributed by atoms with van der Waals surface area (Å²) >= 11 is 0. The molecule has 4 heteroatoms. The van der Waals surface area contributed by atoms with Crippen molar-refractivity contribution in [1.82, 2.24) is 0 Å². The number of carbonyl (C=O) groups excluding carboxylic acids is 2. The number of aliphatic hydroxyl groups is 1. The van der Waals surface area contributed by atoms with Crippen molar-refractivity contribution in [3.8, 4) is 0 Å². The standard InChI is InChI=1S/C15H24O4/c1-15(2,3)19-14(18)10-11-7-8-13(17)12(11)6-4-5-9-16/h4-5,11-12,16H,6-10H2,1-3H3/b5-4-/t11-,12+/m1/s1. The number of ether oxygens (including phenoxy) is 1. The van der Waals surface area contributed by atoms with Gasteiger partial charge in [0.25, 0.3) is 0 Å². The summed E-state index contributed by atoms with van der Waals surface area (Å²) in [4.78, 5) is 23.6. The number of hydrogen-bond acceptors (Lipinski definition) is 4. The van der Waals surface area contributed by atoms with Gasteiger partial charge >= 0.3 is 5.97 Å². The topological polar surface area (TPSA) is 63.6 Å². The van der Waals surface area contributed by atoms with Crippen LogP contribution in [-0.4, -0.2) is 29.1 Å². The van der Waals surface area contributed by atoms with Gasteiger partial charge in [-0.15, -0.1) is 0 Å². The van der Waals surface area contributed by atoms with Crippen molar-refractivity contribution in [3.05, 3.63) is 12.2 Å². The van der Waals surface area contributed by atoms with Gasteiger partial charge < -0.3 is 9.84 Å². The van der Waals surface area contributed by atoms with Crippen LogP contribution in [0.2, 0.25) is 0 Å². The smallest absolute Gasteiger partial charge is 0.306 e. The summed E-state index contributed by atoms with van der Waals surface area (Å²) in [6, 6.07) is 0. The van der Waals surface area contributed by atoms with Gasteiger partial charge in [0.05, 0.1) is 6.61 Å². The highest BCUT2D eigenvalue weighted by molar-refractivity contribution is 5.84. The molecule has 1 rings (SSSR count). The van der Waals surface area contributed by atoms with Crippen LogP contribution in [0.1, 0.15) is 46.5 Å². The van der Waals surface area contributed by atoms with Crippen LogP contribution >= 0.6 is 0 Å². The first-order chi connectivity index (χ1) is 8.83. The molecule has 4 nitrogen and oxygen atoms in total. The number of esters is 1. The molecule has 0 aromatic heterocycles. The van der Waals surface area contributed by atoms with Crippen LogP contribution in [0.5, 0.6) is 0 Å². The van der Waals surface area contributed by atoms with Crippen molar-refractivity contribution in [1.29, 1.82) is 0 Å². The van der Waals surface area contributed by atoms with Crippen LogP contribution in [0.15, 0.2) is 12.2 Å². The second-order valence-electron chi connectivity index (χ2n) is 6.05. The average Bonchev–Trinajstić information content (AvgIpc) is 2.59. The van der Waals surface area contributed by atoms with Gasteiger partial charge in [0.2, 0.25) is 0 Å². The van der Waals surface area contributed by atoms with E-state index >= 15 is 0 Å². The number of ketones is 1. The van der Waals surface area contributed by atoms with Crippen molar-refractivity contribution in [2.24, 2.45) is 11.8 Å². The summed E-state index contributed by atoms with van der Waals surface area (Å²) in [5, 5.41) is 8.70. The Bertz CT molecular complexity index is 352. The van der Waals surface area contributed by atoms with Gasteiger partial charge in [0.1, 0.15) is 11.4 Å². The highest BCUT2D eigenvalue weighted by Crippen LogP contribution is 2.34. The summed E-state index contributed by atoms with van der Waals surface area (Å²) in [6.45, 7) is 5.50. The summed E-state index contributed by atoms with van der Waals surface area (Å²) in [6.07, 6.45) is 5.67. The van der Waals surface area contributed by atoms with Crippen molar-refractivity contribution in [2.75, 3.05) is 6.61 Å². The van der Waals surface area contributed by atoms with Gasteiger partial charge in [-0.2, -0.15) is 0 Å². The van der Waals surface area contributed by atoms with Gasteiger partial charge in [0, 0.05) is 18.8 Å². The highest BCUT2D eigenvalue weighted by Gasteiger charge is 2.35. The molecule has 0 radical (unpaired) electrons. The molecule has 1 N–H and O–H groups in total. The Morgan fingerprint density at radius 1 is 1.42 bits per heavy atom. The lowest BCUT2D eigenvalue weighted by Crippen LogP contribution is -2.26. The van der Waals surface area contributed by atoms with Crippen molar-refractivity contribution >= 4 is 11.8 Å². The lowest BCUT2D eigenvalue weighted by molar-refractivity contribution is -0.156. The van der Waals surface area contributed by atoms with Crippen LogP contribution in [0, 0.1) is 11.8 Å². The number of hydrogen-bond donors (Lipinski definition) is 1. The fraction of sp³-hybridized carbons (Fsp3) is 0.733. The van der Waals surface area contributed by atoms with Crippen LogP contribution in [-0.2, 0) is 14.3 Å². The maximum atomic E-state index is 11.8. The number of rotatable bonds is 5. The number of carbonyl (C=O) groups is 2. The van der Waals surface area contributed by atoms with E-state index in [1.165, 1.54) is 0 Å². The van der Waals surface area contributed by atoms with Crippen LogP contribution in [0.25, 0.3) is 0 Å². The minimum absolute atomic E-state index is 0.0162. The molecule has 1 aliphatic carbocycles. The minimum atomic E-state index is -0.480. The second-order valence-corrected chi connectivity index (χ2v) is 6.05. The Labute approximate surface area is 114 Å². The lowest BCUT2D eigenvalue weighted by atomic mass is 9.89. The van der Waals surface area contributed by atoms with Crippen molar-refractivity contribution in [2.45, 2.75) is 52.1 Å².